The van der Waals surface area contributed by atoms with Crippen LogP contribution in [0.2, 0.25) is 0 Å². The number of nitro groups is 1. The molecule has 0 bridgehead atoms. The van der Waals surface area contributed by atoms with E-state index in [0.717, 1.165) is 33.4 Å². The highest BCUT2D eigenvalue weighted by Gasteiger charge is 2.29. The molecule has 5 rings (SSSR count). The first-order chi connectivity index (χ1) is 16.4. The number of rotatable bonds is 5. The van der Waals surface area contributed by atoms with E-state index >= 15 is 0 Å². The molecule has 0 atom stereocenters. The molecular formula is C27H22N4O3. The Balaban J connectivity index is 1.55. The van der Waals surface area contributed by atoms with E-state index in [1.165, 1.54) is 17.1 Å². The minimum Gasteiger partial charge on any atom is -0.340 e. The number of amides is 1. The van der Waals surface area contributed by atoms with Crippen LogP contribution in [0.1, 0.15) is 23.7 Å². The van der Waals surface area contributed by atoms with Gasteiger partial charge in [-0.1, -0.05) is 48.5 Å². The average Bonchev–Trinajstić information content (AvgIpc) is 3.28. The van der Waals surface area contributed by atoms with Gasteiger partial charge >= 0.3 is 0 Å². The van der Waals surface area contributed by atoms with Gasteiger partial charge in [0.15, 0.2) is 0 Å². The fourth-order valence-corrected chi connectivity index (χ4v) is 4.32. The molecule has 2 heterocycles. The number of non-ortho nitro benzene ring substituents is 1. The molecule has 0 N–H and O–H groups in total. The summed E-state index contributed by atoms with van der Waals surface area (Å²) < 4.78 is 2.17. The number of nitro benzene ring substituents is 1. The smallest absolute Gasteiger partial charge is 0.280 e. The molecule has 0 unspecified atom stereocenters. The number of benzene rings is 3. The molecule has 34 heavy (non-hydrogen) atoms. The van der Waals surface area contributed by atoms with E-state index in [4.69, 9.17) is 0 Å². The molecule has 0 radical (unpaired) electrons. The molecule has 1 amide bonds. The normalized spacial score (nSPS) is 14.8. The van der Waals surface area contributed by atoms with Crippen molar-refractivity contribution in [2.45, 2.75) is 20.4 Å². The molecule has 1 aliphatic rings. The van der Waals surface area contributed by atoms with Crippen LogP contribution in [0.5, 0.6) is 0 Å². The summed E-state index contributed by atoms with van der Waals surface area (Å²) in [7, 11) is 0. The fourth-order valence-electron chi connectivity index (χ4n) is 4.32. The van der Waals surface area contributed by atoms with E-state index in [9.17, 15) is 14.9 Å². The zero-order valence-electron chi connectivity index (χ0n) is 18.8. The van der Waals surface area contributed by atoms with Crippen LogP contribution in [0.4, 0.5) is 11.4 Å². The summed E-state index contributed by atoms with van der Waals surface area (Å²) in [4.78, 5) is 23.8. The van der Waals surface area contributed by atoms with Gasteiger partial charge in [-0.05, 0) is 43.7 Å². The molecule has 0 aliphatic carbocycles. The van der Waals surface area contributed by atoms with Crippen molar-refractivity contribution in [3.63, 3.8) is 0 Å². The standard InChI is InChI=1S/C27H22N4O3/c1-18-24(27(32)30(28-18)21-8-4-3-5-9-21)16-25-19(2)29(26-11-7-6-10-23(25)26)17-20-12-14-22(15-13-20)31(33)34/h3-16H,17H2,1-2H3/b24-16+. The zero-order chi connectivity index (χ0) is 23.8. The number of hydrogen-bond acceptors (Lipinski definition) is 4. The maximum Gasteiger partial charge on any atom is 0.280 e. The van der Waals surface area contributed by atoms with E-state index < -0.39 is 4.92 Å². The van der Waals surface area contributed by atoms with E-state index in [1.54, 1.807) is 12.1 Å². The van der Waals surface area contributed by atoms with Gasteiger partial charge in [-0.2, -0.15) is 10.1 Å². The maximum absolute atomic E-state index is 13.2. The summed E-state index contributed by atoms with van der Waals surface area (Å²) in [6.45, 7) is 4.43. The van der Waals surface area contributed by atoms with Crippen molar-refractivity contribution >= 4 is 40.0 Å². The van der Waals surface area contributed by atoms with Gasteiger partial charge in [-0.15, -0.1) is 0 Å². The Labute approximate surface area is 196 Å². The van der Waals surface area contributed by atoms with Gasteiger partial charge in [0.25, 0.3) is 11.6 Å². The molecular weight excluding hydrogens is 428 g/mol. The molecule has 1 aromatic heterocycles. The van der Waals surface area contributed by atoms with Gasteiger partial charge in [0, 0.05) is 40.8 Å². The number of aromatic nitrogens is 1. The summed E-state index contributed by atoms with van der Waals surface area (Å²) in [5, 5.41) is 18.0. The van der Waals surface area contributed by atoms with Crippen LogP contribution in [0, 0.1) is 17.0 Å². The first-order valence-corrected chi connectivity index (χ1v) is 10.9. The lowest BCUT2D eigenvalue weighted by atomic mass is 10.0. The summed E-state index contributed by atoms with van der Waals surface area (Å²) in [6.07, 6.45) is 1.92. The second kappa shape index (κ2) is 8.44. The molecule has 0 spiro atoms. The molecule has 168 valence electrons. The number of carbonyl (C=O) groups is 1. The largest absolute Gasteiger partial charge is 0.340 e. The molecule has 0 saturated carbocycles. The van der Waals surface area contributed by atoms with Crippen LogP contribution in [-0.4, -0.2) is 21.1 Å². The van der Waals surface area contributed by atoms with Gasteiger partial charge in [0.1, 0.15) is 0 Å². The van der Waals surface area contributed by atoms with Gasteiger partial charge in [-0.3, -0.25) is 14.9 Å². The van der Waals surface area contributed by atoms with Gasteiger partial charge in [0.05, 0.1) is 21.9 Å². The highest BCUT2D eigenvalue weighted by atomic mass is 16.6. The van der Waals surface area contributed by atoms with E-state index in [2.05, 4.69) is 9.67 Å². The summed E-state index contributed by atoms with van der Waals surface area (Å²) >= 11 is 0. The van der Waals surface area contributed by atoms with Crippen molar-refractivity contribution in [3.8, 4) is 0 Å². The maximum atomic E-state index is 13.2. The third-order valence-corrected chi connectivity index (χ3v) is 6.12. The number of hydrazone groups is 1. The molecule has 7 heteroatoms. The predicted octanol–water partition coefficient (Wildman–Crippen LogP) is 5.71. The summed E-state index contributed by atoms with van der Waals surface area (Å²) in [5.74, 6) is -0.157. The molecule has 1 aliphatic heterocycles. The van der Waals surface area contributed by atoms with Crippen molar-refractivity contribution in [2.24, 2.45) is 5.10 Å². The van der Waals surface area contributed by atoms with Crippen molar-refractivity contribution < 1.29 is 9.72 Å². The molecule has 3 aromatic carbocycles. The number of hydrogen-bond donors (Lipinski definition) is 0. The lowest BCUT2D eigenvalue weighted by Gasteiger charge is -2.11. The number of fused-ring (bicyclic) bond motifs is 1. The number of nitrogens with zero attached hydrogens (tertiary/aromatic N) is 4. The third-order valence-electron chi connectivity index (χ3n) is 6.12. The Hall–Kier alpha value is -4.52. The summed E-state index contributed by atoms with van der Waals surface area (Å²) in [5.41, 5.74) is 5.99. The van der Waals surface area contributed by atoms with Crippen LogP contribution in [-0.2, 0) is 11.3 Å². The fraction of sp³-hybridized carbons (Fsp3) is 0.111. The minimum absolute atomic E-state index is 0.0701. The Morgan fingerprint density at radius 2 is 1.62 bits per heavy atom. The van der Waals surface area contributed by atoms with E-state index in [1.807, 2.05) is 74.5 Å². The van der Waals surface area contributed by atoms with Crippen molar-refractivity contribution in [1.29, 1.82) is 0 Å². The number of para-hydroxylation sites is 2. The highest BCUT2D eigenvalue weighted by Crippen LogP contribution is 2.31. The van der Waals surface area contributed by atoms with Crippen LogP contribution < -0.4 is 5.01 Å². The van der Waals surface area contributed by atoms with Crippen molar-refractivity contribution in [1.82, 2.24) is 4.57 Å². The molecule has 4 aromatic rings. The van der Waals surface area contributed by atoms with Gasteiger partial charge < -0.3 is 4.57 Å². The van der Waals surface area contributed by atoms with E-state index in [0.29, 0.717) is 17.8 Å². The first-order valence-electron chi connectivity index (χ1n) is 10.9. The highest BCUT2D eigenvalue weighted by molar-refractivity contribution is 6.32. The van der Waals surface area contributed by atoms with Crippen molar-refractivity contribution in [2.75, 3.05) is 5.01 Å². The lowest BCUT2D eigenvalue weighted by molar-refractivity contribution is -0.384. The first kappa shape index (κ1) is 21.3. The molecule has 7 nitrogen and oxygen atoms in total. The van der Waals surface area contributed by atoms with Gasteiger partial charge in [0.2, 0.25) is 0 Å². The Morgan fingerprint density at radius 3 is 2.32 bits per heavy atom. The Morgan fingerprint density at radius 1 is 0.941 bits per heavy atom. The third kappa shape index (κ3) is 3.67. The number of anilines is 1. The van der Waals surface area contributed by atoms with Crippen LogP contribution >= 0.6 is 0 Å². The monoisotopic (exact) mass is 450 g/mol. The van der Waals surface area contributed by atoms with Crippen LogP contribution in [0.3, 0.4) is 0 Å². The van der Waals surface area contributed by atoms with Gasteiger partial charge in [-0.25, -0.2) is 0 Å². The van der Waals surface area contributed by atoms with E-state index in [-0.39, 0.29) is 11.6 Å². The number of carbonyl (C=O) groups excluding carboxylic acids is 1. The van der Waals surface area contributed by atoms with Crippen molar-refractivity contribution in [3.05, 3.63) is 111 Å². The van der Waals surface area contributed by atoms with Crippen LogP contribution in [0.25, 0.3) is 17.0 Å². The molecule has 0 fully saturated rings. The minimum atomic E-state index is -0.397. The average molecular weight is 450 g/mol. The quantitative estimate of drug-likeness (QED) is 0.222. The zero-order valence-corrected chi connectivity index (χ0v) is 18.8. The van der Waals surface area contributed by atoms with Crippen LogP contribution in [0.15, 0.2) is 89.5 Å². The molecule has 0 saturated heterocycles. The second-order valence-electron chi connectivity index (χ2n) is 8.22. The SMILES string of the molecule is CC1=NN(c2ccccc2)C(=O)/C1=C/c1c(C)n(Cc2ccc([N+](=O)[O-])cc2)c2ccccc12. The topological polar surface area (TPSA) is 80.7 Å². The predicted molar refractivity (Wildman–Crippen MR) is 134 cm³/mol. The second-order valence-corrected chi connectivity index (χ2v) is 8.22. The lowest BCUT2D eigenvalue weighted by Crippen LogP contribution is -2.21. The Kier molecular flexibility index (Phi) is 5.30. The summed E-state index contributed by atoms with van der Waals surface area (Å²) in [6, 6.07) is 24.0. The Bertz CT molecular complexity index is 1480.